The van der Waals surface area contributed by atoms with Crippen molar-refractivity contribution in [3.05, 3.63) is 33.8 Å². The summed E-state index contributed by atoms with van der Waals surface area (Å²) in [5, 5.41) is 6.72. The van der Waals surface area contributed by atoms with E-state index in [1.165, 1.54) is 0 Å². The largest absolute Gasteiger partial charge is 0.342 e. The third-order valence-electron chi connectivity index (χ3n) is 4.29. The van der Waals surface area contributed by atoms with Gasteiger partial charge in [-0.1, -0.05) is 54.8 Å². The molecule has 2 amide bonds. The second kappa shape index (κ2) is 8.60. The Kier molecular flexibility index (Phi) is 6.75. The summed E-state index contributed by atoms with van der Waals surface area (Å²) in [5.41, 5.74) is -0.0718. The summed E-state index contributed by atoms with van der Waals surface area (Å²) in [6.45, 7) is 3.59. The van der Waals surface area contributed by atoms with E-state index >= 15 is 0 Å². The number of rotatable bonds is 4. The third kappa shape index (κ3) is 5.14. The molecule has 0 radical (unpaired) electrons. The Morgan fingerprint density at radius 2 is 1.92 bits per heavy atom. The summed E-state index contributed by atoms with van der Waals surface area (Å²) in [4.78, 5) is 24.5. The van der Waals surface area contributed by atoms with Gasteiger partial charge in [0.25, 0.3) is 0 Å². The van der Waals surface area contributed by atoms with Gasteiger partial charge in [-0.05, 0) is 38.0 Å². The van der Waals surface area contributed by atoms with Crippen LogP contribution in [0.1, 0.15) is 51.5 Å². The van der Waals surface area contributed by atoms with Crippen LogP contribution in [0.15, 0.2) is 18.2 Å². The number of nitrogens with one attached hydrogen (secondary N) is 2. The standard InChI is InChI=1S/C19H22Cl2N2O2/c1-3-17(24)23-19(10-4-5-11-19)18(25)22-13(2)6-7-14-8-9-15(20)16(21)12-14/h8-9,12-13H,3-5,10-11H2,1-2H3,(H,22,25)(H,23,24). The number of amides is 2. The van der Waals surface area contributed by atoms with Gasteiger partial charge in [-0.25, -0.2) is 0 Å². The maximum atomic E-state index is 12.7. The van der Waals surface area contributed by atoms with Crippen molar-refractivity contribution in [2.45, 2.75) is 57.5 Å². The maximum Gasteiger partial charge on any atom is 0.246 e. The van der Waals surface area contributed by atoms with Crippen LogP contribution in [0, 0.1) is 11.8 Å². The van der Waals surface area contributed by atoms with Crippen LogP contribution < -0.4 is 10.6 Å². The summed E-state index contributed by atoms with van der Waals surface area (Å²) >= 11 is 11.9. The highest BCUT2D eigenvalue weighted by Gasteiger charge is 2.42. The van der Waals surface area contributed by atoms with Gasteiger partial charge in [0.2, 0.25) is 11.8 Å². The summed E-state index contributed by atoms with van der Waals surface area (Å²) < 4.78 is 0. The zero-order valence-corrected chi connectivity index (χ0v) is 15.9. The molecule has 1 aliphatic carbocycles. The molecule has 0 aliphatic heterocycles. The molecule has 2 N–H and O–H groups in total. The molecule has 25 heavy (non-hydrogen) atoms. The van der Waals surface area contributed by atoms with Crippen molar-refractivity contribution in [1.29, 1.82) is 0 Å². The SMILES string of the molecule is CCC(=O)NC1(C(=O)NC(C)C#Cc2ccc(Cl)c(Cl)c2)CCCC1. The molecule has 1 aromatic carbocycles. The van der Waals surface area contributed by atoms with Crippen LogP contribution in [0.2, 0.25) is 10.0 Å². The first-order chi connectivity index (χ1) is 11.9. The van der Waals surface area contributed by atoms with Crippen LogP contribution in [0.25, 0.3) is 0 Å². The minimum Gasteiger partial charge on any atom is -0.342 e. The van der Waals surface area contributed by atoms with E-state index in [2.05, 4.69) is 22.5 Å². The molecule has 0 aromatic heterocycles. The van der Waals surface area contributed by atoms with Crippen LogP contribution in [-0.4, -0.2) is 23.4 Å². The van der Waals surface area contributed by atoms with Crippen molar-refractivity contribution >= 4 is 35.0 Å². The average molecular weight is 381 g/mol. The van der Waals surface area contributed by atoms with E-state index < -0.39 is 5.54 Å². The second-order valence-electron chi connectivity index (χ2n) is 6.28. The summed E-state index contributed by atoms with van der Waals surface area (Å²) in [7, 11) is 0. The molecule has 0 saturated heterocycles. The summed E-state index contributed by atoms with van der Waals surface area (Å²) in [5.74, 6) is 5.70. The van der Waals surface area contributed by atoms with Crippen molar-refractivity contribution < 1.29 is 9.59 Å². The molecule has 1 unspecified atom stereocenters. The first kappa shape index (κ1) is 19.6. The monoisotopic (exact) mass is 380 g/mol. The Bertz CT molecular complexity index is 716. The Morgan fingerprint density at radius 1 is 1.24 bits per heavy atom. The van der Waals surface area contributed by atoms with Crippen molar-refractivity contribution in [2.24, 2.45) is 0 Å². The summed E-state index contributed by atoms with van der Waals surface area (Å²) in [6.07, 6.45) is 3.55. The van der Waals surface area contributed by atoms with Crippen molar-refractivity contribution in [3.8, 4) is 11.8 Å². The van der Waals surface area contributed by atoms with Crippen LogP contribution >= 0.6 is 23.2 Å². The number of halogens is 2. The van der Waals surface area contributed by atoms with Gasteiger partial charge in [0, 0.05) is 12.0 Å². The molecule has 0 bridgehead atoms. The van der Waals surface area contributed by atoms with Crippen LogP contribution in [-0.2, 0) is 9.59 Å². The van der Waals surface area contributed by atoms with E-state index in [9.17, 15) is 9.59 Å². The zero-order chi connectivity index (χ0) is 18.4. The predicted molar refractivity (Wildman–Crippen MR) is 101 cm³/mol. The third-order valence-corrected chi connectivity index (χ3v) is 5.03. The van der Waals surface area contributed by atoms with Gasteiger partial charge in [-0.3, -0.25) is 9.59 Å². The lowest BCUT2D eigenvalue weighted by Gasteiger charge is -2.29. The lowest BCUT2D eigenvalue weighted by molar-refractivity contribution is -0.133. The van der Waals surface area contributed by atoms with Crippen LogP contribution in [0.4, 0.5) is 0 Å². The Hall–Kier alpha value is -1.70. The Balaban J connectivity index is 2.04. The highest BCUT2D eigenvalue weighted by Crippen LogP contribution is 2.30. The number of carbonyl (C=O) groups is 2. The quantitative estimate of drug-likeness (QED) is 0.782. The van der Waals surface area contributed by atoms with Gasteiger partial charge in [-0.2, -0.15) is 0 Å². The predicted octanol–water partition coefficient (Wildman–Crippen LogP) is 3.69. The summed E-state index contributed by atoms with van der Waals surface area (Å²) in [6, 6.07) is 4.80. The van der Waals surface area contributed by atoms with E-state index in [0.29, 0.717) is 29.3 Å². The molecule has 1 aromatic rings. The molecular weight excluding hydrogens is 359 g/mol. The lowest BCUT2D eigenvalue weighted by Crippen LogP contribution is -2.58. The molecule has 1 fully saturated rings. The minimum atomic E-state index is -0.799. The molecule has 1 saturated carbocycles. The fraction of sp³-hybridized carbons (Fsp3) is 0.474. The van der Waals surface area contributed by atoms with Gasteiger partial charge >= 0.3 is 0 Å². The minimum absolute atomic E-state index is 0.105. The molecule has 0 heterocycles. The first-order valence-electron chi connectivity index (χ1n) is 8.45. The smallest absolute Gasteiger partial charge is 0.246 e. The molecule has 0 spiro atoms. The maximum absolute atomic E-state index is 12.7. The fourth-order valence-corrected chi connectivity index (χ4v) is 3.18. The van der Waals surface area contributed by atoms with E-state index in [4.69, 9.17) is 23.2 Å². The van der Waals surface area contributed by atoms with Crippen molar-refractivity contribution in [2.75, 3.05) is 0 Å². The Morgan fingerprint density at radius 3 is 2.52 bits per heavy atom. The van der Waals surface area contributed by atoms with E-state index in [0.717, 1.165) is 18.4 Å². The molecule has 4 nitrogen and oxygen atoms in total. The van der Waals surface area contributed by atoms with Gasteiger partial charge in [0.1, 0.15) is 5.54 Å². The lowest BCUT2D eigenvalue weighted by atomic mass is 9.95. The Labute approximate surface area is 158 Å². The van der Waals surface area contributed by atoms with Gasteiger partial charge in [-0.15, -0.1) is 0 Å². The average Bonchev–Trinajstić information content (AvgIpc) is 3.05. The van der Waals surface area contributed by atoms with Gasteiger partial charge in [0.15, 0.2) is 0 Å². The van der Waals surface area contributed by atoms with Crippen molar-refractivity contribution in [3.63, 3.8) is 0 Å². The fourth-order valence-electron chi connectivity index (χ4n) is 2.88. The highest BCUT2D eigenvalue weighted by molar-refractivity contribution is 6.42. The van der Waals surface area contributed by atoms with E-state index in [-0.39, 0.29) is 17.9 Å². The van der Waals surface area contributed by atoms with Crippen molar-refractivity contribution in [1.82, 2.24) is 10.6 Å². The number of hydrogen-bond acceptors (Lipinski definition) is 2. The van der Waals surface area contributed by atoms with Crippen LogP contribution in [0.3, 0.4) is 0 Å². The molecule has 6 heteroatoms. The topological polar surface area (TPSA) is 58.2 Å². The number of hydrogen-bond donors (Lipinski definition) is 2. The number of carbonyl (C=O) groups excluding carboxylic acids is 2. The molecule has 2 rings (SSSR count). The first-order valence-corrected chi connectivity index (χ1v) is 9.20. The molecule has 1 aliphatic rings. The number of benzene rings is 1. The molecular formula is C19H22Cl2N2O2. The second-order valence-corrected chi connectivity index (χ2v) is 7.10. The van der Waals surface area contributed by atoms with Gasteiger partial charge in [0.05, 0.1) is 16.1 Å². The van der Waals surface area contributed by atoms with Crippen LogP contribution in [0.5, 0.6) is 0 Å². The van der Waals surface area contributed by atoms with E-state index in [1.807, 2.05) is 6.92 Å². The van der Waals surface area contributed by atoms with E-state index in [1.54, 1.807) is 25.1 Å². The highest BCUT2D eigenvalue weighted by atomic mass is 35.5. The molecule has 1 atom stereocenters. The zero-order valence-electron chi connectivity index (χ0n) is 14.4. The molecule has 134 valence electrons. The normalized spacial score (nSPS) is 16.5. The van der Waals surface area contributed by atoms with Gasteiger partial charge < -0.3 is 10.6 Å².